The van der Waals surface area contributed by atoms with Crippen molar-refractivity contribution in [1.82, 2.24) is 10.2 Å². The van der Waals surface area contributed by atoms with E-state index in [0.717, 1.165) is 5.92 Å². The highest BCUT2D eigenvalue weighted by Crippen LogP contribution is 2.24. The van der Waals surface area contributed by atoms with Crippen LogP contribution in [0.3, 0.4) is 0 Å². The molecule has 1 aromatic heterocycles. The Hall–Kier alpha value is -0.770. The van der Waals surface area contributed by atoms with E-state index in [1.165, 1.54) is 32.1 Å². The predicted octanol–water partition coefficient (Wildman–Crippen LogP) is 3.23. The fraction of sp³-hybridized carbons (Fsp3) is 0.833. The number of nitrogens with one attached hydrogen (secondary N) is 1. The van der Waals surface area contributed by atoms with Crippen LogP contribution in [0, 0.1) is 5.92 Å². The molecule has 2 rings (SSSR count). The molecule has 96 valence electrons. The van der Waals surface area contributed by atoms with Crippen LogP contribution in [0.5, 0.6) is 0 Å². The summed E-state index contributed by atoms with van der Waals surface area (Å²) in [5, 5.41) is 11.3. The van der Waals surface area contributed by atoms with E-state index in [9.17, 15) is 0 Å². The lowest BCUT2D eigenvalue weighted by Crippen LogP contribution is -2.18. The highest BCUT2D eigenvalue weighted by molar-refractivity contribution is 6.17. The molecule has 0 amide bonds. The van der Waals surface area contributed by atoms with Gasteiger partial charge in [-0.25, -0.2) is 0 Å². The molecule has 0 aliphatic heterocycles. The van der Waals surface area contributed by atoms with Crippen molar-refractivity contribution >= 4 is 17.6 Å². The molecule has 1 aliphatic rings. The van der Waals surface area contributed by atoms with Crippen LogP contribution >= 0.6 is 11.6 Å². The minimum Gasteiger partial charge on any atom is -0.408 e. The van der Waals surface area contributed by atoms with Crippen molar-refractivity contribution in [1.29, 1.82) is 0 Å². The Balaban J connectivity index is 1.86. The maximum Gasteiger partial charge on any atom is 0.315 e. The van der Waals surface area contributed by atoms with E-state index in [4.69, 9.17) is 16.0 Å². The molecular weight excluding hydrogens is 238 g/mol. The van der Waals surface area contributed by atoms with Gasteiger partial charge in [0.15, 0.2) is 0 Å². The molecule has 2 atom stereocenters. The van der Waals surface area contributed by atoms with E-state index < -0.39 is 0 Å². The number of aryl methyl sites for hydroxylation is 1. The van der Waals surface area contributed by atoms with E-state index in [2.05, 4.69) is 22.4 Å². The van der Waals surface area contributed by atoms with E-state index in [0.29, 0.717) is 30.2 Å². The second-order valence-corrected chi connectivity index (χ2v) is 5.27. The minimum atomic E-state index is 0.476. The molecule has 17 heavy (non-hydrogen) atoms. The zero-order valence-electron chi connectivity index (χ0n) is 10.3. The summed E-state index contributed by atoms with van der Waals surface area (Å²) in [6.07, 6.45) is 6.91. The number of hydrogen-bond donors (Lipinski definition) is 1. The molecular formula is C12H20ClN3O. The van der Waals surface area contributed by atoms with Crippen molar-refractivity contribution < 1.29 is 4.42 Å². The normalized spacial score (nSPS) is 25.5. The third kappa shape index (κ3) is 3.87. The largest absolute Gasteiger partial charge is 0.408 e. The van der Waals surface area contributed by atoms with Gasteiger partial charge in [0.05, 0.1) is 0 Å². The lowest BCUT2D eigenvalue weighted by Gasteiger charge is -2.13. The van der Waals surface area contributed by atoms with E-state index in [1.54, 1.807) is 0 Å². The van der Waals surface area contributed by atoms with Crippen molar-refractivity contribution in [3.05, 3.63) is 5.89 Å². The molecule has 0 saturated heterocycles. The molecule has 4 nitrogen and oxygen atoms in total. The molecule has 1 aromatic rings. The first-order chi connectivity index (χ1) is 8.28. The Labute approximate surface area is 107 Å². The molecule has 1 heterocycles. The predicted molar refractivity (Wildman–Crippen MR) is 68.4 cm³/mol. The smallest absolute Gasteiger partial charge is 0.315 e. The highest BCUT2D eigenvalue weighted by Gasteiger charge is 2.17. The Morgan fingerprint density at radius 3 is 3.00 bits per heavy atom. The summed E-state index contributed by atoms with van der Waals surface area (Å²) in [6.45, 7) is 2.33. The lowest BCUT2D eigenvalue weighted by atomic mass is 10.0. The van der Waals surface area contributed by atoms with Gasteiger partial charge in [-0.05, 0) is 25.2 Å². The SMILES string of the molecule is CC1CCCC(Nc2nnc(CCCl)o2)CC1. The van der Waals surface area contributed by atoms with Gasteiger partial charge in [-0.1, -0.05) is 24.9 Å². The van der Waals surface area contributed by atoms with Crippen molar-refractivity contribution in [3.63, 3.8) is 0 Å². The van der Waals surface area contributed by atoms with Crippen LogP contribution in [0.15, 0.2) is 4.42 Å². The Kier molecular flexibility index (Phi) is 4.66. The van der Waals surface area contributed by atoms with E-state index >= 15 is 0 Å². The van der Waals surface area contributed by atoms with Crippen molar-refractivity contribution in [3.8, 4) is 0 Å². The van der Waals surface area contributed by atoms with Crippen LogP contribution in [0.4, 0.5) is 6.01 Å². The summed E-state index contributed by atoms with van der Waals surface area (Å²) >= 11 is 5.63. The Morgan fingerprint density at radius 1 is 1.29 bits per heavy atom. The van der Waals surface area contributed by atoms with Crippen LogP contribution in [-0.4, -0.2) is 22.1 Å². The number of aromatic nitrogens is 2. The van der Waals surface area contributed by atoms with Gasteiger partial charge in [-0.2, -0.15) is 0 Å². The summed E-state index contributed by atoms with van der Waals surface area (Å²) in [5.41, 5.74) is 0. The lowest BCUT2D eigenvalue weighted by molar-refractivity contribution is 0.488. The topological polar surface area (TPSA) is 51.0 Å². The zero-order chi connectivity index (χ0) is 12.1. The number of rotatable bonds is 4. The van der Waals surface area contributed by atoms with Crippen molar-refractivity contribution in [2.24, 2.45) is 5.92 Å². The van der Waals surface area contributed by atoms with E-state index in [-0.39, 0.29) is 0 Å². The average molecular weight is 258 g/mol. The first-order valence-electron chi connectivity index (χ1n) is 6.43. The molecule has 1 aliphatic carbocycles. The third-order valence-corrected chi connectivity index (χ3v) is 3.55. The van der Waals surface area contributed by atoms with Crippen LogP contribution < -0.4 is 5.32 Å². The second kappa shape index (κ2) is 6.24. The average Bonchev–Trinajstić information content (AvgIpc) is 2.63. The Bertz CT molecular complexity index is 342. The van der Waals surface area contributed by atoms with Gasteiger partial charge in [0, 0.05) is 18.3 Å². The molecule has 1 N–H and O–H groups in total. The summed E-state index contributed by atoms with van der Waals surface area (Å²) in [4.78, 5) is 0. The number of halogens is 1. The van der Waals surface area contributed by atoms with Gasteiger partial charge < -0.3 is 9.73 Å². The van der Waals surface area contributed by atoms with Gasteiger partial charge in [0.2, 0.25) is 5.89 Å². The maximum atomic E-state index is 5.63. The molecule has 0 radical (unpaired) electrons. The van der Waals surface area contributed by atoms with Crippen LogP contribution in [0.2, 0.25) is 0 Å². The molecule has 5 heteroatoms. The van der Waals surface area contributed by atoms with Gasteiger partial charge in [0.1, 0.15) is 0 Å². The fourth-order valence-electron chi connectivity index (χ4n) is 2.30. The Morgan fingerprint density at radius 2 is 2.18 bits per heavy atom. The summed E-state index contributed by atoms with van der Waals surface area (Å²) in [7, 11) is 0. The number of hydrogen-bond acceptors (Lipinski definition) is 4. The first kappa shape index (κ1) is 12.7. The fourth-order valence-corrected chi connectivity index (χ4v) is 2.46. The maximum absolute atomic E-state index is 5.63. The van der Waals surface area contributed by atoms with Crippen LogP contribution in [0.25, 0.3) is 0 Å². The zero-order valence-corrected chi connectivity index (χ0v) is 11.0. The molecule has 1 saturated carbocycles. The number of nitrogens with zero attached hydrogens (tertiary/aromatic N) is 2. The number of anilines is 1. The van der Waals surface area contributed by atoms with Gasteiger partial charge >= 0.3 is 6.01 Å². The second-order valence-electron chi connectivity index (χ2n) is 4.89. The van der Waals surface area contributed by atoms with Crippen LogP contribution in [-0.2, 0) is 6.42 Å². The quantitative estimate of drug-likeness (QED) is 0.665. The molecule has 2 unspecified atom stereocenters. The summed E-state index contributed by atoms with van der Waals surface area (Å²) in [6, 6.07) is 1.02. The molecule has 0 aromatic carbocycles. The summed E-state index contributed by atoms with van der Waals surface area (Å²) in [5.74, 6) is 1.98. The monoisotopic (exact) mass is 257 g/mol. The molecule has 0 spiro atoms. The molecule has 1 fully saturated rings. The van der Waals surface area contributed by atoms with Crippen molar-refractivity contribution in [2.75, 3.05) is 11.2 Å². The van der Waals surface area contributed by atoms with Crippen LogP contribution in [0.1, 0.15) is 44.9 Å². The summed E-state index contributed by atoms with van der Waals surface area (Å²) < 4.78 is 5.48. The van der Waals surface area contributed by atoms with Crippen molar-refractivity contribution in [2.45, 2.75) is 51.5 Å². The van der Waals surface area contributed by atoms with E-state index in [1.807, 2.05) is 0 Å². The highest BCUT2D eigenvalue weighted by atomic mass is 35.5. The van der Waals surface area contributed by atoms with Gasteiger partial charge in [-0.3, -0.25) is 0 Å². The van der Waals surface area contributed by atoms with Gasteiger partial charge in [0.25, 0.3) is 0 Å². The third-order valence-electron chi connectivity index (χ3n) is 3.36. The molecule has 0 bridgehead atoms. The first-order valence-corrected chi connectivity index (χ1v) is 6.96. The standard InChI is InChI=1S/C12H20ClN3O/c1-9-3-2-4-10(6-5-9)14-12-16-15-11(17-12)7-8-13/h9-10H,2-8H2,1H3,(H,14,16). The minimum absolute atomic E-state index is 0.476. The number of alkyl halides is 1. The van der Waals surface area contributed by atoms with Gasteiger partial charge in [-0.15, -0.1) is 16.7 Å².